The summed E-state index contributed by atoms with van der Waals surface area (Å²) in [6, 6.07) is 3.87. The second kappa shape index (κ2) is 12.8. The number of hydrogen-bond acceptors (Lipinski definition) is 4. The quantitative estimate of drug-likeness (QED) is 0.392. The van der Waals surface area contributed by atoms with Gasteiger partial charge in [-0.1, -0.05) is 33.1 Å². The van der Waals surface area contributed by atoms with E-state index in [2.05, 4.69) is 24.5 Å². The van der Waals surface area contributed by atoms with E-state index in [0.717, 1.165) is 31.1 Å². The number of nitrogens with zero attached hydrogens (tertiary/aromatic N) is 1. The molecule has 0 aliphatic heterocycles. The van der Waals surface area contributed by atoms with E-state index in [1.54, 1.807) is 6.26 Å². The molecule has 6 nitrogen and oxygen atoms in total. The minimum absolute atomic E-state index is 0.0327. The molecule has 2 atom stereocenters. The predicted octanol–water partition coefficient (Wildman–Crippen LogP) is 3.40. The largest absolute Gasteiger partial charge is 0.469 e. The maximum atomic E-state index is 11.4. The van der Waals surface area contributed by atoms with Crippen molar-refractivity contribution in [2.75, 3.05) is 25.1 Å². The van der Waals surface area contributed by atoms with Crippen molar-refractivity contribution in [3.63, 3.8) is 0 Å². The first-order valence-electron chi connectivity index (χ1n) is 10.1. The molecule has 1 rings (SSSR count). The Morgan fingerprint density at radius 1 is 1.30 bits per heavy atom. The molecule has 0 aromatic carbocycles. The van der Waals surface area contributed by atoms with E-state index in [9.17, 15) is 8.42 Å². The Labute approximate surface area is 165 Å². The third-order valence-corrected chi connectivity index (χ3v) is 5.58. The molecule has 156 valence electrons. The zero-order valence-electron chi connectivity index (χ0n) is 17.3. The van der Waals surface area contributed by atoms with Crippen LogP contribution in [0.4, 0.5) is 0 Å². The van der Waals surface area contributed by atoms with Crippen LogP contribution in [0, 0.1) is 5.92 Å². The Morgan fingerprint density at radius 3 is 2.67 bits per heavy atom. The van der Waals surface area contributed by atoms with Crippen LogP contribution in [-0.2, 0) is 16.3 Å². The Bertz CT molecular complexity index is 627. The highest BCUT2D eigenvalue weighted by atomic mass is 32.2. The average molecular weight is 400 g/mol. The summed E-state index contributed by atoms with van der Waals surface area (Å²) in [7, 11) is -2.95. The lowest BCUT2D eigenvalue weighted by molar-refractivity contribution is 0.460. The molecule has 0 saturated heterocycles. The van der Waals surface area contributed by atoms with Gasteiger partial charge in [0.15, 0.2) is 5.96 Å². The highest BCUT2D eigenvalue weighted by Gasteiger charge is 2.11. The molecule has 1 aromatic rings. The number of furan rings is 1. The second-order valence-electron chi connectivity index (χ2n) is 7.33. The fraction of sp³-hybridized carbons (Fsp3) is 0.750. The molecule has 0 aliphatic rings. The van der Waals surface area contributed by atoms with Gasteiger partial charge in [-0.3, -0.25) is 4.99 Å². The lowest BCUT2D eigenvalue weighted by Crippen LogP contribution is -2.43. The van der Waals surface area contributed by atoms with Gasteiger partial charge in [-0.05, 0) is 37.8 Å². The second-order valence-corrected chi connectivity index (χ2v) is 9.59. The number of unbranched alkanes of at least 4 members (excludes halogenated alkanes) is 1. The fourth-order valence-electron chi connectivity index (χ4n) is 2.75. The van der Waals surface area contributed by atoms with Gasteiger partial charge in [0, 0.05) is 31.8 Å². The van der Waals surface area contributed by atoms with Crippen molar-refractivity contribution in [3.8, 4) is 0 Å². The topological polar surface area (TPSA) is 83.7 Å². The van der Waals surface area contributed by atoms with Gasteiger partial charge in [0.05, 0.1) is 12.0 Å². The summed E-state index contributed by atoms with van der Waals surface area (Å²) in [4.78, 5) is 4.77. The highest BCUT2D eigenvalue weighted by Crippen LogP contribution is 2.12. The molecule has 1 aromatic heterocycles. The predicted molar refractivity (Wildman–Crippen MR) is 113 cm³/mol. The lowest BCUT2D eigenvalue weighted by Gasteiger charge is -2.19. The first kappa shape index (κ1) is 23.5. The Morgan fingerprint density at radius 2 is 2.07 bits per heavy atom. The monoisotopic (exact) mass is 399 g/mol. The summed E-state index contributed by atoms with van der Waals surface area (Å²) in [5.74, 6) is 2.44. The SMILES string of the molecule is CCCCC(CC)CN=C(NCCc1ccco1)NC(C)CCS(C)(=O)=O. The zero-order chi connectivity index (χ0) is 20.1. The molecule has 2 N–H and O–H groups in total. The summed E-state index contributed by atoms with van der Waals surface area (Å²) in [6.07, 6.45) is 9.03. The Hall–Kier alpha value is -1.50. The molecular formula is C20H37N3O3S. The number of nitrogens with one attached hydrogen (secondary N) is 2. The van der Waals surface area contributed by atoms with E-state index in [1.165, 1.54) is 25.5 Å². The van der Waals surface area contributed by atoms with Gasteiger partial charge in [0.2, 0.25) is 0 Å². The van der Waals surface area contributed by atoms with Crippen LogP contribution in [0.1, 0.15) is 58.6 Å². The van der Waals surface area contributed by atoms with E-state index in [1.807, 2.05) is 19.1 Å². The number of hydrogen-bond donors (Lipinski definition) is 2. The molecule has 0 radical (unpaired) electrons. The normalized spacial score (nSPS) is 14.7. The maximum absolute atomic E-state index is 11.4. The summed E-state index contributed by atoms with van der Waals surface area (Å²) in [6.45, 7) is 7.91. The number of guanidine groups is 1. The van der Waals surface area contributed by atoms with Gasteiger partial charge >= 0.3 is 0 Å². The Kier molecular flexibility index (Phi) is 11.2. The Balaban J connectivity index is 2.61. The van der Waals surface area contributed by atoms with E-state index < -0.39 is 9.84 Å². The third kappa shape index (κ3) is 11.7. The van der Waals surface area contributed by atoms with Gasteiger partial charge in [0.25, 0.3) is 0 Å². The van der Waals surface area contributed by atoms with Crippen LogP contribution in [0.5, 0.6) is 0 Å². The molecule has 0 amide bonds. The summed E-state index contributed by atoms with van der Waals surface area (Å²) < 4.78 is 28.2. The number of rotatable bonds is 13. The van der Waals surface area contributed by atoms with Crippen molar-refractivity contribution in [1.82, 2.24) is 10.6 Å². The third-order valence-electron chi connectivity index (χ3n) is 4.60. The van der Waals surface area contributed by atoms with Crippen LogP contribution in [0.15, 0.2) is 27.8 Å². The molecule has 0 fully saturated rings. The van der Waals surface area contributed by atoms with Crippen molar-refractivity contribution < 1.29 is 12.8 Å². The van der Waals surface area contributed by atoms with Crippen LogP contribution in [0.3, 0.4) is 0 Å². The summed E-state index contributed by atoms with van der Waals surface area (Å²) >= 11 is 0. The van der Waals surface area contributed by atoms with E-state index in [-0.39, 0.29) is 11.8 Å². The molecule has 0 saturated carbocycles. The fourth-order valence-corrected chi connectivity index (χ4v) is 3.53. The zero-order valence-corrected chi connectivity index (χ0v) is 18.1. The first-order valence-corrected chi connectivity index (χ1v) is 12.1. The average Bonchev–Trinajstić information content (AvgIpc) is 3.12. The molecule has 0 aliphatic carbocycles. The minimum atomic E-state index is -2.95. The lowest BCUT2D eigenvalue weighted by atomic mass is 10.00. The van der Waals surface area contributed by atoms with Crippen molar-refractivity contribution in [1.29, 1.82) is 0 Å². The van der Waals surface area contributed by atoms with Gasteiger partial charge in [0.1, 0.15) is 15.6 Å². The standard InChI is InChI=1S/C20H37N3O3S/c1-5-7-9-18(6-2)16-22-20(21-13-11-19-10-8-14-26-19)23-17(3)12-15-27(4,24)25/h8,10,14,17-18H,5-7,9,11-13,15-16H2,1-4H3,(H2,21,22,23). The number of sulfone groups is 1. The first-order chi connectivity index (χ1) is 12.8. The highest BCUT2D eigenvalue weighted by molar-refractivity contribution is 7.90. The van der Waals surface area contributed by atoms with E-state index >= 15 is 0 Å². The molecule has 7 heteroatoms. The molecule has 2 unspecified atom stereocenters. The van der Waals surface area contributed by atoms with Crippen LogP contribution < -0.4 is 10.6 Å². The van der Waals surface area contributed by atoms with E-state index in [0.29, 0.717) is 18.9 Å². The summed E-state index contributed by atoms with van der Waals surface area (Å²) in [5, 5.41) is 6.70. The van der Waals surface area contributed by atoms with Crippen LogP contribution in [-0.4, -0.2) is 45.5 Å². The van der Waals surface area contributed by atoms with Gasteiger partial charge < -0.3 is 15.1 Å². The van der Waals surface area contributed by atoms with Crippen molar-refractivity contribution in [2.24, 2.45) is 10.9 Å². The summed E-state index contributed by atoms with van der Waals surface area (Å²) in [5.41, 5.74) is 0. The van der Waals surface area contributed by atoms with Gasteiger partial charge in [-0.15, -0.1) is 0 Å². The molecule has 0 bridgehead atoms. The van der Waals surface area contributed by atoms with Crippen LogP contribution >= 0.6 is 0 Å². The van der Waals surface area contributed by atoms with Crippen LogP contribution in [0.2, 0.25) is 0 Å². The molecule has 1 heterocycles. The van der Waals surface area contributed by atoms with E-state index in [4.69, 9.17) is 9.41 Å². The maximum Gasteiger partial charge on any atom is 0.191 e. The van der Waals surface area contributed by atoms with Crippen molar-refractivity contribution >= 4 is 15.8 Å². The minimum Gasteiger partial charge on any atom is -0.469 e. The molecule has 0 spiro atoms. The van der Waals surface area contributed by atoms with Crippen molar-refractivity contribution in [3.05, 3.63) is 24.2 Å². The van der Waals surface area contributed by atoms with Crippen molar-refractivity contribution in [2.45, 2.75) is 65.3 Å². The van der Waals surface area contributed by atoms with Gasteiger partial charge in [-0.25, -0.2) is 8.42 Å². The molecule has 27 heavy (non-hydrogen) atoms. The van der Waals surface area contributed by atoms with Gasteiger partial charge in [-0.2, -0.15) is 0 Å². The smallest absolute Gasteiger partial charge is 0.191 e. The number of aliphatic imine (C=N–C) groups is 1. The molecular weight excluding hydrogens is 362 g/mol. The van der Waals surface area contributed by atoms with Crippen LogP contribution in [0.25, 0.3) is 0 Å².